The summed E-state index contributed by atoms with van der Waals surface area (Å²) >= 11 is 0. The minimum atomic E-state index is -3.87. The van der Waals surface area contributed by atoms with Crippen molar-refractivity contribution in [1.82, 2.24) is 4.90 Å². The summed E-state index contributed by atoms with van der Waals surface area (Å²) in [6, 6.07) is 3.02. The lowest BCUT2D eigenvalue weighted by atomic mass is 9.93. The molecule has 0 bridgehead atoms. The number of rotatable bonds is 5. The molecule has 0 unspecified atom stereocenters. The van der Waals surface area contributed by atoms with Crippen LogP contribution in [-0.4, -0.2) is 39.4 Å². The predicted molar refractivity (Wildman–Crippen MR) is 87.1 cm³/mol. The largest absolute Gasteiger partial charge is 0.341 e. The van der Waals surface area contributed by atoms with E-state index in [1.54, 1.807) is 31.9 Å². The first-order valence-corrected chi connectivity index (χ1v) is 8.53. The van der Waals surface area contributed by atoms with E-state index in [1.807, 2.05) is 13.8 Å². The van der Waals surface area contributed by atoms with Crippen LogP contribution in [0.25, 0.3) is 0 Å². The lowest BCUT2D eigenvalue weighted by Crippen LogP contribution is -2.39. The summed E-state index contributed by atoms with van der Waals surface area (Å²) in [4.78, 5) is 14.1. The molecule has 1 rings (SSSR count). The van der Waals surface area contributed by atoms with Crippen LogP contribution < -0.4 is 10.9 Å². The molecule has 0 saturated heterocycles. The number of hydrogen-bond donors (Lipinski definition) is 2. The van der Waals surface area contributed by atoms with Crippen LogP contribution in [0, 0.1) is 19.3 Å². The second-order valence-electron chi connectivity index (χ2n) is 6.49. The average molecular weight is 327 g/mol. The summed E-state index contributed by atoms with van der Waals surface area (Å²) in [5.74, 6) is -0.255. The van der Waals surface area contributed by atoms with Gasteiger partial charge < -0.3 is 10.6 Å². The lowest BCUT2D eigenvalue weighted by molar-refractivity contribution is 0.0740. The number of benzene rings is 1. The molecule has 0 heterocycles. The van der Waals surface area contributed by atoms with Gasteiger partial charge in [0, 0.05) is 19.2 Å². The Labute approximate surface area is 132 Å². The van der Waals surface area contributed by atoms with Crippen LogP contribution >= 0.6 is 0 Å². The molecule has 0 aliphatic heterocycles. The van der Waals surface area contributed by atoms with Gasteiger partial charge in [0.1, 0.15) is 0 Å². The molecule has 6 nitrogen and oxygen atoms in total. The number of aryl methyl sites for hydroxylation is 1. The van der Waals surface area contributed by atoms with Crippen molar-refractivity contribution in [3.05, 3.63) is 28.8 Å². The van der Waals surface area contributed by atoms with Gasteiger partial charge in [-0.1, -0.05) is 13.8 Å². The second-order valence-corrected chi connectivity index (χ2v) is 8.02. The summed E-state index contributed by atoms with van der Waals surface area (Å²) in [7, 11) is -2.20. The van der Waals surface area contributed by atoms with E-state index in [-0.39, 0.29) is 16.2 Å². The number of amides is 1. The van der Waals surface area contributed by atoms with Gasteiger partial charge in [-0.05, 0) is 49.1 Å². The minimum Gasteiger partial charge on any atom is -0.341 e. The maximum absolute atomic E-state index is 12.5. The average Bonchev–Trinajstić information content (AvgIpc) is 2.39. The first-order chi connectivity index (χ1) is 9.89. The Kier molecular flexibility index (Phi) is 5.38. The molecule has 124 valence electrons. The Bertz CT molecular complexity index is 682. The van der Waals surface area contributed by atoms with Gasteiger partial charge in [0.05, 0.1) is 4.90 Å². The molecule has 22 heavy (non-hydrogen) atoms. The third-order valence-corrected chi connectivity index (χ3v) is 4.77. The van der Waals surface area contributed by atoms with Crippen molar-refractivity contribution >= 4 is 15.9 Å². The van der Waals surface area contributed by atoms with Crippen LogP contribution in [-0.2, 0) is 10.0 Å². The summed E-state index contributed by atoms with van der Waals surface area (Å²) in [5, 5.41) is 5.23. The van der Waals surface area contributed by atoms with Crippen LogP contribution in [0.5, 0.6) is 0 Å². The topological polar surface area (TPSA) is 106 Å². The molecule has 1 aromatic rings. The van der Waals surface area contributed by atoms with Crippen molar-refractivity contribution < 1.29 is 13.2 Å². The van der Waals surface area contributed by atoms with E-state index in [1.165, 1.54) is 6.07 Å². The highest BCUT2D eigenvalue weighted by atomic mass is 32.2. The standard InChI is InChI=1S/C15H25N3O3S/c1-10-6-12(7-13(11(10)2)22(17,20)21)14(19)18(5)9-15(3,4)8-16/h6-7H,8-9,16H2,1-5H3,(H2,17,20,21). The van der Waals surface area contributed by atoms with E-state index < -0.39 is 10.0 Å². The van der Waals surface area contributed by atoms with Gasteiger partial charge in [0.15, 0.2) is 0 Å². The van der Waals surface area contributed by atoms with Crippen molar-refractivity contribution in [2.24, 2.45) is 16.3 Å². The first kappa shape index (κ1) is 18.6. The Morgan fingerprint density at radius 2 is 1.82 bits per heavy atom. The van der Waals surface area contributed by atoms with Crippen molar-refractivity contribution in [3.8, 4) is 0 Å². The number of carbonyl (C=O) groups excluding carboxylic acids is 1. The molecule has 0 saturated carbocycles. The number of carbonyl (C=O) groups is 1. The highest BCUT2D eigenvalue weighted by molar-refractivity contribution is 7.89. The van der Waals surface area contributed by atoms with Crippen LogP contribution in [0.3, 0.4) is 0 Å². The summed E-state index contributed by atoms with van der Waals surface area (Å²) in [6.45, 7) is 8.27. The molecule has 7 heteroatoms. The van der Waals surface area contributed by atoms with Crippen LogP contribution in [0.2, 0.25) is 0 Å². The second kappa shape index (κ2) is 6.36. The summed E-state index contributed by atoms with van der Waals surface area (Å²) < 4.78 is 23.3. The fraction of sp³-hybridized carbons (Fsp3) is 0.533. The van der Waals surface area contributed by atoms with Crippen molar-refractivity contribution in [3.63, 3.8) is 0 Å². The van der Waals surface area contributed by atoms with Gasteiger partial charge in [-0.25, -0.2) is 13.6 Å². The number of nitrogens with zero attached hydrogens (tertiary/aromatic N) is 1. The smallest absolute Gasteiger partial charge is 0.253 e. The van der Waals surface area contributed by atoms with Gasteiger partial charge in [-0.3, -0.25) is 4.79 Å². The van der Waals surface area contributed by atoms with E-state index in [9.17, 15) is 13.2 Å². The summed E-state index contributed by atoms with van der Waals surface area (Å²) in [5.41, 5.74) is 7.05. The molecule has 0 aliphatic rings. The highest BCUT2D eigenvalue weighted by Gasteiger charge is 2.24. The zero-order valence-corrected chi connectivity index (χ0v) is 14.6. The van der Waals surface area contributed by atoms with Crippen molar-refractivity contribution in [2.75, 3.05) is 20.1 Å². The SMILES string of the molecule is Cc1cc(C(=O)N(C)CC(C)(C)CN)cc(S(N)(=O)=O)c1C. The predicted octanol–water partition coefficient (Wildman–Crippen LogP) is 1.01. The lowest BCUT2D eigenvalue weighted by Gasteiger charge is -2.29. The Balaban J connectivity index is 3.23. The number of hydrogen-bond acceptors (Lipinski definition) is 4. The molecule has 0 aromatic heterocycles. The fourth-order valence-corrected chi connectivity index (χ4v) is 3.12. The zero-order valence-electron chi connectivity index (χ0n) is 13.8. The maximum Gasteiger partial charge on any atom is 0.253 e. The molecule has 0 radical (unpaired) electrons. The third-order valence-electron chi connectivity index (χ3n) is 3.74. The highest BCUT2D eigenvalue weighted by Crippen LogP contribution is 2.22. The van der Waals surface area contributed by atoms with Gasteiger partial charge in [0.25, 0.3) is 5.91 Å². The third kappa shape index (κ3) is 4.28. The zero-order chi connectivity index (χ0) is 17.3. The van der Waals surface area contributed by atoms with E-state index >= 15 is 0 Å². The van der Waals surface area contributed by atoms with Crippen molar-refractivity contribution in [1.29, 1.82) is 0 Å². The first-order valence-electron chi connectivity index (χ1n) is 6.98. The molecular formula is C15H25N3O3S. The van der Waals surface area contributed by atoms with Gasteiger partial charge >= 0.3 is 0 Å². The molecule has 4 N–H and O–H groups in total. The van der Waals surface area contributed by atoms with Crippen LogP contribution in [0.4, 0.5) is 0 Å². The van der Waals surface area contributed by atoms with Crippen LogP contribution in [0.15, 0.2) is 17.0 Å². The summed E-state index contributed by atoms with van der Waals surface area (Å²) in [6.07, 6.45) is 0. The molecule has 0 spiro atoms. The number of sulfonamides is 1. The van der Waals surface area contributed by atoms with E-state index in [2.05, 4.69) is 0 Å². The van der Waals surface area contributed by atoms with E-state index in [0.717, 1.165) is 0 Å². The minimum absolute atomic E-state index is 0.0117. The monoisotopic (exact) mass is 327 g/mol. The normalized spacial score (nSPS) is 12.3. The molecular weight excluding hydrogens is 302 g/mol. The molecule has 0 aliphatic carbocycles. The Morgan fingerprint density at radius 3 is 2.27 bits per heavy atom. The maximum atomic E-state index is 12.5. The van der Waals surface area contributed by atoms with E-state index in [4.69, 9.17) is 10.9 Å². The van der Waals surface area contributed by atoms with E-state index in [0.29, 0.717) is 29.8 Å². The molecule has 1 aromatic carbocycles. The Morgan fingerprint density at radius 1 is 1.27 bits per heavy atom. The quantitative estimate of drug-likeness (QED) is 0.841. The number of nitrogens with two attached hydrogens (primary N) is 2. The van der Waals surface area contributed by atoms with Gasteiger partial charge in [-0.15, -0.1) is 0 Å². The van der Waals surface area contributed by atoms with Crippen molar-refractivity contribution in [2.45, 2.75) is 32.6 Å². The van der Waals surface area contributed by atoms with Gasteiger partial charge in [-0.2, -0.15) is 0 Å². The molecule has 0 fully saturated rings. The Hall–Kier alpha value is -1.44. The van der Waals surface area contributed by atoms with Crippen LogP contribution in [0.1, 0.15) is 35.3 Å². The molecule has 0 atom stereocenters. The molecule has 1 amide bonds. The fourth-order valence-electron chi connectivity index (χ4n) is 2.24. The van der Waals surface area contributed by atoms with Gasteiger partial charge in [0.2, 0.25) is 10.0 Å². The number of primary sulfonamides is 1.